The normalized spacial score (nSPS) is 12.0. The molecule has 0 aliphatic carbocycles. The predicted octanol–water partition coefficient (Wildman–Crippen LogP) is 15.4. The van der Waals surface area contributed by atoms with Gasteiger partial charge in [0.05, 0.1) is 33.1 Å². The third-order valence-corrected chi connectivity index (χ3v) is 13.4. The van der Waals surface area contributed by atoms with E-state index in [9.17, 15) is 0 Å². The van der Waals surface area contributed by atoms with Gasteiger partial charge in [-0.05, 0) is 94.3 Å². The van der Waals surface area contributed by atoms with Crippen molar-refractivity contribution in [1.82, 2.24) is 23.7 Å². The third kappa shape index (κ3) is 5.21. The average Bonchev–Trinajstić information content (AvgIpc) is 4.09. The summed E-state index contributed by atoms with van der Waals surface area (Å²) < 4.78 is 7.09. The SMILES string of the molecule is c1ccc(-n2c(-c3ccc(-n4c5ccccc5c5cc(-c6nc7c8ccccc8c8ccccc8c7n6-c6ccccc6)ccc54)cc3)nc3c4ccccc4c4ccccc4c32)cc1. The van der Waals surface area contributed by atoms with Gasteiger partial charge in [0.25, 0.3) is 0 Å². The van der Waals surface area contributed by atoms with Crippen LogP contribution >= 0.6 is 0 Å². The first-order chi connectivity index (χ1) is 32.3. The second kappa shape index (κ2) is 13.9. The number of aromatic nitrogens is 5. The second-order valence-corrected chi connectivity index (χ2v) is 16.9. The monoisotopic (exact) mass is 827 g/mol. The highest BCUT2D eigenvalue weighted by molar-refractivity contribution is 6.25. The molecule has 0 saturated carbocycles. The van der Waals surface area contributed by atoms with Crippen molar-refractivity contribution in [2.45, 2.75) is 0 Å². The number of imidazole rings is 2. The Morgan fingerprint density at radius 1 is 0.246 bits per heavy atom. The molecule has 5 heteroatoms. The van der Waals surface area contributed by atoms with E-state index in [1.807, 2.05) is 0 Å². The van der Waals surface area contributed by atoms with Crippen LogP contribution < -0.4 is 0 Å². The van der Waals surface area contributed by atoms with Crippen LogP contribution in [-0.2, 0) is 0 Å². The standard InChI is InChI=1S/C60H37N5/c1-3-17-40(18-4-1)64-57-50-28-13-9-23-45(50)43-21-7-11-26-48(43)55(57)61-59(64)38-31-34-42(35-32-38)63-53-30-16-15-25-47(53)52-37-39(33-36-54(52)63)60-62-56-49-27-12-8-22-44(49)46-24-10-14-29-51(46)58(56)65(60)41-19-5-2-6-20-41/h1-37H. The van der Waals surface area contributed by atoms with Crippen molar-refractivity contribution in [1.29, 1.82) is 0 Å². The highest BCUT2D eigenvalue weighted by Gasteiger charge is 2.23. The number of hydrogen-bond acceptors (Lipinski definition) is 2. The van der Waals surface area contributed by atoms with Gasteiger partial charge in [0.2, 0.25) is 0 Å². The maximum atomic E-state index is 5.55. The van der Waals surface area contributed by atoms with Crippen molar-refractivity contribution < 1.29 is 0 Å². The molecule has 14 aromatic rings. The molecule has 0 aliphatic rings. The molecule has 0 atom stereocenters. The molecule has 5 nitrogen and oxygen atoms in total. The van der Waals surface area contributed by atoms with Crippen molar-refractivity contribution in [2.24, 2.45) is 0 Å². The predicted molar refractivity (Wildman–Crippen MR) is 271 cm³/mol. The van der Waals surface area contributed by atoms with Crippen LogP contribution in [0.5, 0.6) is 0 Å². The number of nitrogens with zero attached hydrogens (tertiary/aromatic N) is 5. The molecule has 0 bridgehead atoms. The smallest absolute Gasteiger partial charge is 0.145 e. The Hall–Kier alpha value is -8.80. The molecule has 0 spiro atoms. The van der Waals surface area contributed by atoms with Crippen LogP contribution in [0.25, 0.3) is 127 Å². The van der Waals surface area contributed by atoms with Crippen LogP contribution in [0, 0.1) is 0 Å². The zero-order chi connectivity index (χ0) is 42.6. The molecule has 14 rings (SSSR count). The van der Waals surface area contributed by atoms with Crippen molar-refractivity contribution in [3.63, 3.8) is 0 Å². The lowest BCUT2D eigenvalue weighted by Gasteiger charge is -2.13. The zero-order valence-corrected chi connectivity index (χ0v) is 35.1. The zero-order valence-electron chi connectivity index (χ0n) is 35.1. The van der Waals surface area contributed by atoms with Gasteiger partial charge in [-0.3, -0.25) is 9.13 Å². The molecule has 0 fully saturated rings. The fourth-order valence-corrected chi connectivity index (χ4v) is 10.6. The van der Waals surface area contributed by atoms with Gasteiger partial charge in [0, 0.05) is 60.5 Å². The number of rotatable bonds is 5. The van der Waals surface area contributed by atoms with Crippen molar-refractivity contribution in [3.8, 4) is 39.8 Å². The third-order valence-electron chi connectivity index (χ3n) is 13.4. The fraction of sp³-hybridized carbons (Fsp3) is 0. The summed E-state index contributed by atoms with van der Waals surface area (Å²) in [6, 6.07) is 80.6. The van der Waals surface area contributed by atoms with E-state index < -0.39 is 0 Å². The number of hydrogen-bond donors (Lipinski definition) is 0. The largest absolute Gasteiger partial charge is 0.309 e. The molecule has 0 amide bonds. The lowest BCUT2D eigenvalue weighted by Crippen LogP contribution is -1.99. The topological polar surface area (TPSA) is 40.6 Å². The van der Waals surface area contributed by atoms with E-state index in [1.54, 1.807) is 0 Å². The Morgan fingerprint density at radius 3 is 1.14 bits per heavy atom. The van der Waals surface area contributed by atoms with E-state index in [0.29, 0.717) is 0 Å². The molecule has 0 radical (unpaired) electrons. The minimum atomic E-state index is 0.910. The first-order valence-corrected chi connectivity index (χ1v) is 22.2. The average molecular weight is 828 g/mol. The van der Waals surface area contributed by atoms with Crippen LogP contribution in [0.3, 0.4) is 0 Å². The lowest BCUT2D eigenvalue weighted by atomic mass is 10.00. The van der Waals surface area contributed by atoms with E-state index in [0.717, 1.165) is 83.7 Å². The molecular formula is C60H37N5. The Balaban J connectivity index is 0.965. The van der Waals surface area contributed by atoms with Gasteiger partial charge < -0.3 is 4.57 Å². The number of para-hydroxylation sites is 3. The van der Waals surface area contributed by atoms with Gasteiger partial charge >= 0.3 is 0 Å². The van der Waals surface area contributed by atoms with Gasteiger partial charge in [0.1, 0.15) is 11.6 Å². The molecular weight excluding hydrogens is 791 g/mol. The van der Waals surface area contributed by atoms with Gasteiger partial charge in [-0.2, -0.15) is 0 Å². The Kier molecular flexibility index (Phi) is 7.62. The van der Waals surface area contributed by atoms with E-state index >= 15 is 0 Å². The van der Waals surface area contributed by atoms with E-state index in [-0.39, 0.29) is 0 Å². The Morgan fingerprint density at radius 2 is 0.615 bits per heavy atom. The highest BCUT2D eigenvalue weighted by atomic mass is 15.1. The van der Waals surface area contributed by atoms with Crippen molar-refractivity contribution in [3.05, 3.63) is 224 Å². The Bertz CT molecular complexity index is 4210. The van der Waals surface area contributed by atoms with Gasteiger partial charge in [-0.15, -0.1) is 0 Å². The van der Waals surface area contributed by atoms with Gasteiger partial charge in [0.15, 0.2) is 0 Å². The van der Waals surface area contributed by atoms with Crippen molar-refractivity contribution >= 4 is 87.0 Å². The summed E-state index contributed by atoms with van der Waals surface area (Å²) in [5.74, 6) is 1.82. The summed E-state index contributed by atoms with van der Waals surface area (Å²) in [5.41, 5.74) is 11.9. The van der Waals surface area contributed by atoms with Crippen LogP contribution in [0.4, 0.5) is 0 Å². The van der Waals surface area contributed by atoms with Gasteiger partial charge in [-0.25, -0.2) is 9.97 Å². The molecule has 0 N–H and O–H groups in total. The maximum Gasteiger partial charge on any atom is 0.145 e. The summed E-state index contributed by atoms with van der Waals surface area (Å²) >= 11 is 0. The van der Waals surface area contributed by atoms with Crippen molar-refractivity contribution in [2.75, 3.05) is 0 Å². The summed E-state index contributed by atoms with van der Waals surface area (Å²) in [4.78, 5) is 11.0. The second-order valence-electron chi connectivity index (χ2n) is 16.9. The first-order valence-electron chi connectivity index (χ1n) is 22.2. The molecule has 11 aromatic carbocycles. The van der Waals surface area contributed by atoms with Crippen LogP contribution in [-0.4, -0.2) is 23.7 Å². The molecule has 3 aromatic heterocycles. The van der Waals surface area contributed by atoms with Crippen LogP contribution in [0.1, 0.15) is 0 Å². The molecule has 0 unspecified atom stereocenters. The van der Waals surface area contributed by atoms with E-state index in [1.165, 1.54) is 43.1 Å². The summed E-state index contributed by atoms with van der Waals surface area (Å²) in [5, 5.41) is 11.9. The summed E-state index contributed by atoms with van der Waals surface area (Å²) in [6.07, 6.45) is 0. The van der Waals surface area contributed by atoms with Gasteiger partial charge in [-0.1, -0.05) is 152 Å². The minimum absolute atomic E-state index is 0.910. The van der Waals surface area contributed by atoms with Crippen LogP contribution in [0.2, 0.25) is 0 Å². The minimum Gasteiger partial charge on any atom is -0.309 e. The van der Waals surface area contributed by atoms with E-state index in [4.69, 9.17) is 9.97 Å². The quantitative estimate of drug-likeness (QED) is 0.162. The van der Waals surface area contributed by atoms with Crippen LogP contribution in [0.15, 0.2) is 224 Å². The molecule has 302 valence electrons. The summed E-state index contributed by atoms with van der Waals surface area (Å²) in [7, 11) is 0. The fourth-order valence-electron chi connectivity index (χ4n) is 10.6. The first kappa shape index (κ1) is 35.8. The molecule has 0 saturated heterocycles. The Labute approximate surface area is 373 Å². The molecule has 3 heterocycles. The maximum absolute atomic E-state index is 5.55. The molecule has 0 aliphatic heterocycles. The highest BCUT2D eigenvalue weighted by Crippen LogP contribution is 2.43. The number of benzene rings is 11. The van der Waals surface area contributed by atoms with E-state index in [2.05, 4.69) is 238 Å². The number of fused-ring (bicyclic) bond motifs is 15. The lowest BCUT2D eigenvalue weighted by molar-refractivity contribution is 1.10. The summed E-state index contributed by atoms with van der Waals surface area (Å²) in [6.45, 7) is 0. The molecule has 65 heavy (non-hydrogen) atoms.